The highest BCUT2D eigenvalue weighted by atomic mass is 32.2. The summed E-state index contributed by atoms with van der Waals surface area (Å²) in [4.78, 5) is 28.1. The third kappa shape index (κ3) is 7.24. The van der Waals surface area contributed by atoms with Gasteiger partial charge in [0, 0.05) is 30.0 Å². The Morgan fingerprint density at radius 3 is 2.41 bits per heavy atom. The number of aromatic nitrogens is 2. The minimum absolute atomic E-state index is 0.0302. The zero-order chi connectivity index (χ0) is 21.6. The normalized spacial score (nSPS) is 11.6. The number of carbonyl (C=O) groups is 2. The number of nitrogens with zero attached hydrogens (tertiary/aromatic N) is 3. The van der Waals surface area contributed by atoms with Crippen LogP contribution in [-0.2, 0) is 22.1 Å². The summed E-state index contributed by atoms with van der Waals surface area (Å²) in [6, 6.07) is 11.7. The maximum Gasteiger partial charge on any atom is 0.245 e. The highest BCUT2D eigenvalue weighted by Gasteiger charge is 2.22. The molecule has 1 N–H and O–H groups in total. The fourth-order valence-electron chi connectivity index (χ4n) is 2.75. The van der Waals surface area contributed by atoms with Gasteiger partial charge in [-0.3, -0.25) is 14.3 Å². The van der Waals surface area contributed by atoms with Gasteiger partial charge in [0.2, 0.25) is 11.8 Å². The van der Waals surface area contributed by atoms with Crippen LogP contribution in [-0.4, -0.2) is 45.3 Å². The lowest BCUT2D eigenvalue weighted by Crippen LogP contribution is -2.41. The number of hydrogen-bond donors (Lipinski definition) is 1. The number of carbonyl (C=O) groups excluding carboxylic acids is 2. The zero-order valence-corrected chi connectivity index (χ0v) is 19.0. The van der Waals surface area contributed by atoms with Gasteiger partial charge >= 0.3 is 0 Å². The molecule has 0 saturated heterocycles. The SMILES string of the molecule is CC(C)CN(CC(=O)Nc1cc(C(C)(C)C)nn1C)C(=O)CSc1ccccc1. The molecule has 2 amide bonds. The molecule has 0 saturated carbocycles. The van der Waals surface area contributed by atoms with Crippen molar-refractivity contribution in [3.8, 4) is 0 Å². The van der Waals surface area contributed by atoms with Crippen LogP contribution in [0.1, 0.15) is 40.3 Å². The average Bonchev–Trinajstić information content (AvgIpc) is 3.00. The fourth-order valence-corrected chi connectivity index (χ4v) is 3.58. The molecule has 0 atom stereocenters. The van der Waals surface area contributed by atoms with E-state index in [4.69, 9.17) is 0 Å². The molecule has 29 heavy (non-hydrogen) atoms. The van der Waals surface area contributed by atoms with Crippen LogP contribution in [0.5, 0.6) is 0 Å². The number of benzene rings is 1. The van der Waals surface area contributed by atoms with E-state index in [1.165, 1.54) is 11.8 Å². The predicted octanol–water partition coefficient (Wildman–Crippen LogP) is 3.93. The number of rotatable bonds is 8. The molecule has 0 bridgehead atoms. The minimum atomic E-state index is -0.216. The molecule has 0 aliphatic rings. The Kier molecular flexibility index (Phi) is 7.90. The zero-order valence-electron chi connectivity index (χ0n) is 18.2. The van der Waals surface area contributed by atoms with E-state index in [9.17, 15) is 9.59 Å². The van der Waals surface area contributed by atoms with Gasteiger partial charge in [0.25, 0.3) is 0 Å². The van der Waals surface area contributed by atoms with E-state index < -0.39 is 0 Å². The van der Waals surface area contributed by atoms with E-state index in [1.807, 2.05) is 50.2 Å². The van der Waals surface area contributed by atoms with Crippen LogP contribution in [0.2, 0.25) is 0 Å². The maximum atomic E-state index is 12.8. The van der Waals surface area contributed by atoms with E-state index in [2.05, 4.69) is 31.2 Å². The first-order chi connectivity index (χ1) is 13.6. The van der Waals surface area contributed by atoms with Crippen molar-refractivity contribution >= 4 is 29.4 Å². The Morgan fingerprint density at radius 1 is 1.21 bits per heavy atom. The second-order valence-electron chi connectivity index (χ2n) is 8.61. The molecule has 0 radical (unpaired) electrons. The van der Waals surface area contributed by atoms with E-state index >= 15 is 0 Å². The standard InChI is InChI=1S/C22H32N4O2S/c1-16(2)13-26(21(28)15-29-17-10-8-7-9-11-17)14-20(27)23-19-12-18(22(3,4)5)24-25(19)6/h7-12,16H,13-15H2,1-6H3,(H,23,27). The number of aryl methyl sites for hydroxylation is 1. The molecule has 0 aliphatic carbocycles. The summed E-state index contributed by atoms with van der Waals surface area (Å²) in [6.07, 6.45) is 0. The Labute approximate surface area is 178 Å². The van der Waals surface area contributed by atoms with Gasteiger partial charge < -0.3 is 10.2 Å². The van der Waals surface area contributed by atoms with Gasteiger partial charge in [-0.15, -0.1) is 11.8 Å². The van der Waals surface area contributed by atoms with E-state index in [0.29, 0.717) is 18.1 Å². The number of amides is 2. The molecule has 158 valence electrons. The molecule has 0 fully saturated rings. The lowest BCUT2D eigenvalue weighted by atomic mass is 9.92. The first-order valence-corrected chi connectivity index (χ1v) is 10.8. The first kappa shape index (κ1) is 23.0. The summed E-state index contributed by atoms with van der Waals surface area (Å²) in [5, 5.41) is 7.37. The Morgan fingerprint density at radius 2 is 1.86 bits per heavy atom. The third-order valence-electron chi connectivity index (χ3n) is 4.29. The lowest BCUT2D eigenvalue weighted by Gasteiger charge is -2.24. The quantitative estimate of drug-likeness (QED) is 0.662. The highest BCUT2D eigenvalue weighted by molar-refractivity contribution is 8.00. The van der Waals surface area contributed by atoms with Crippen molar-refractivity contribution in [2.24, 2.45) is 13.0 Å². The van der Waals surface area contributed by atoms with Gasteiger partial charge in [0.15, 0.2) is 0 Å². The Balaban J connectivity index is 2.00. The van der Waals surface area contributed by atoms with Crippen LogP contribution < -0.4 is 5.32 Å². The number of thioether (sulfide) groups is 1. The number of anilines is 1. The van der Waals surface area contributed by atoms with Crippen molar-refractivity contribution in [2.75, 3.05) is 24.2 Å². The molecule has 1 aromatic carbocycles. The summed E-state index contributed by atoms with van der Waals surface area (Å²) < 4.78 is 1.67. The predicted molar refractivity (Wildman–Crippen MR) is 119 cm³/mol. The van der Waals surface area contributed by atoms with Crippen molar-refractivity contribution in [3.05, 3.63) is 42.1 Å². The maximum absolute atomic E-state index is 12.8. The van der Waals surface area contributed by atoms with E-state index in [-0.39, 0.29) is 29.7 Å². The molecule has 1 aromatic heterocycles. The summed E-state index contributed by atoms with van der Waals surface area (Å²) in [5.41, 5.74) is 0.805. The van der Waals surface area contributed by atoms with Crippen molar-refractivity contribution in [2.45, 2.75) is 44.9 Å². The second-order valence-corrected chi connectivity index (χ2v) is 9.66. The summed E-state index contributed by atoms with van der Waals surface area (Å²) in [5.74, 6) is 0.965. The van der Waals surface area contributed by atoms with Gasteiger partial charge in [-0.2, -0.15) is 5.10 Å². The largest absolute Gasteiger partial charge is 0.332 e. The van der Waals surface area contributed by atoms with Crippen LogP contribution in [0.15, 0.2) is 41.3 Å². The number of nitrogens with one attached hydrogen (secondary N) is 1. The highest BCUT2D eigenvalue weighted by Crippen LogP contribution is 2.23. The molecule has 2 rings (SSSR count). The fraction of sp³-hybridized carbons (Fsp3) is 0.500. The van der Waals surface area contributed by atoms with Gasteiger partial charge in [0.1, 0.15) is 5.82 Å². The van der Waals surface area contributed by atoms with Crippen LogP contribution in [0.3, 0.4) is 0 Å². The van der Waals surface area contributed by atoms with Crippen molar-refractivity contribution < 1.29 is 9.59 Å². The van der Waals surface area contributed by atoms with Gasteiger partial charge in [-0.25, -0.2) is 0 Å². The average molecular weight is 417 g/mol. The van der Waals surface area contributed by atoms with Gasteiger partial charge in [-0.05, 0) is 18.1 Å². The molecule has 6 nitrogen and oxygen atoms in total. The molecular weight excluding hydrogens is 384 g/mol. The molecule has 0 unspecified atom stereocenters. The van der Waals surface area contributed by atoms with Crippen LogP contribution in [0, 0.1) is 5.92 Å². The Bertz CT molecular complexity index is 825. The van der Waals surface area contributed by atoms with Crippen LogP contribution >= 0.6 is 11.8 Å². The number of hydrogen-bond acceptors (Lipinski definition) is 4. The lowest BCUT2D eigenvalue weighted by molar-refractivity contribution is -0.132. The minimum Gasteiger partial charge on any atom is -0.332 e. The molecule has 0 spiro atoms. The van der Waals surface area contributed by atoms with Crippen molar-refractivity contribution in [3.63, 3.8) is 0 Å². The van der Waals surface area contributed by atoms with Gasteiger partial charge in [0.05, 0.1) is 18.0 Å². The summed E-state index contributed by atoms with van der Waals surface area (Å²) in [6.45, 7) is 10.9. The van der Waals surface area contributed by atoms with Crippen LogP contribution in [0.25, 0.3) is 0 Å². The summed E-state index contributed by atoms with van der Waals surface area (Å²) >= 11 is 1.49. The van der Waals surface area contributed by atoms with Crippen LogP contribution in [0.4, 0.5) is 5.82 Å². The molecule has 7 heteroatoms. The molecular formula is C22H32N4O2S. The smallest absolute Gasteiger partial charge is 0.245 e. The van der Waals surface area contributed by atoms with Crippen molar-refractivity contribution in [1.82, 2.24) is 14.7 Å². The topological polar surface area (TPSA) is 67.2 Å². The molecule has 0 aliphatic heterocycles. The van der Waals surface area contributed by atoms with Crippen molar-refractivity contribution in [1.29, 1.82) is 0 Å². The third-order valence-corrected chi connectivity index (χ3v) is 5.29. The molecule has 1 heterocycles. The van der Waals surface area contributed by atoms with E-state index in [0.717, 1.165) is 10.6 Å². The Hall–Kier alpha value is -2.28. The van der Waals surface area contributed by atoms with Gasteiger partial charge in [-0.1, -0.05) is 52.8 Å². The monoisotopic (exact) mass is 416 g/mol. The second kappa shape index (κ2) is 9.96. The van der Waals surface area contributed by atoms with E-state index in [1.54, 1.807) is 16.6 Å². The summed E-state index contributed by atoms with van der Waals surface area (Å²) in [7, 11) is 1.80. The first-order valence-electron chi connectivity index (χ1n) is 9.86. The molecule has 2 aromatic rings.